The molecule has 0 radical (unpaired) electrons. The average Bonchev–Trinajstić information content (AvgIpc) is 3.13. The second-order valence-corrected chi connectivity index (χ2v) is 7.23. The molecule has 4 aliphatic rings. The highest BCUT2D eigenvalue weighted by Gasteiger charge is 2.36. The van der Waals surface area contributed by atoms with E-state index in [-0.39, 0.29) is 0 Å². The lowest BCUT2D eigenvalue weighted by molar-refractivity contribution is 0.0573. The number of rotatable bonds is 4. The van der Waals surface area contributed by atoms with Gasteiger partial charge in [-0.2, -0.15) is 0 Å². The fourth-order valence-electron chi connectivity index (χ4n) is 4.89. The summed E-state index contributed by atoms with van der Waals surface area (Å²) in [5, 5.41) is 0. The summed E-state index contributed by atoms with van der Waals surface area (Å²) in [6.45, 7) is 1.93. The van der Waals surface area contributed by atoms with Gasteiger partial charge in [-0.3, -0.25) is 0 Å². The molecule has 4 aliphatic carbocycles. The molecule has 21 heavy (non-hydrogen) atoms. The third kappa shape index (κ3) is 2.68. The minimum atomic E-state index is 0.740. The molecule has 0 aromatic heterocycles. The molecule has 0 spiro atoms. The lowest BCUT2D eigenvalue weighted by Gasteiger charge is -2.24. The Morgan fingerprint density at radius 3 is 1.62 bits per heavy atom. The molecular formula is C20H26O. The Kier molecular flexibility index (Phi) is 3.85. The predicted molar refractivity (Wildman–Crippen MR) is 86.8 cm³/mol. The summed E-state index contributed by atoms with van der Waals surface area (Å²) in [6, 6.07) is 0. The second kappa shape index (κ2) is 5.96. The standard InChI is InChI=1S/C20H26O/c1-3-7-19-15(5-1)9-11-17(19)13-21-14-18-12-10-16-6-2-4-8-20(16)18/h1-8,15-20H,9-14H2. The SMILES string of the molecule is C1=CC2CCC(COCC3CCC4C=CC=CC43)C2C=C1. The first kappa shape index (κ1) is 13.6. The number of allylic oxidation sites excluding steroid dienone is 8. The molecule has 0 aliphatic heterocycles. The van der Waals surface area contributed by atoms with Gasteiger partial charge >= 0.3 is 0 Å². The lowest BCUT2D eigenvalue weighted by Crippen LogP contribution is -2.22. The van der Waals surface area contributed by atoms with Crippen LogP contribution in [-0.2, 0) is 4.74 Å². The van der Waals surface area contributed by atoms with Crippen LogP contribution in [0.1, 0.15) is 25.7 Å². The maximum atomic E-state index is 6.18. The van der Waals surface area contributed by atoms with Crippen LogP contribution in [0.5, 0.6) is 0 Å². The van der Waals surface area contributed by atoms with Crippen LogP contribution in [0, 0.1) is 35.5 Å². The van der Waals surface area contributed by atoms with Gasteiger partial charge in [0.25, 0.3) is 0 Å². The zero-order chi connectivity index (χ0) is 14.1. The summed E-state index contributed by atoms with van der Waals surface area (Å²) < 4.78 is 6.18. The van der Waals surface area contributed by atoms with Crippen molar-refractivity contribution in [3.05, 3.63) is 48.6 Å². The zero-order valence-corrected chi connectivity index (χ0v) is 12.7. The Bertz CT molecular complexity index is 440. The van der Waals surface area contributed by atoms with Gasteiger partial charge in [0.05, 0.1) is 0 Å². The smallest absolute Gasteiger partial charge is 0.0500 e. The molecule has 0 amide bonds. The van der Waals surface area contributed by atoms with Crippen molar-refractivity contribution < 1.29 is 4.74 Å². The van der Waals surface area contributed by atoms with Gasteiger partial charge in [0.15, 0.2) is 0 Å². The fourth-order valence-corrected chi connectivity index (χ4v) is 4.89. The third-order valence-corrected chi connectivity index (χ3v) is 6.09. The van der Waals surface area contributed by atoms with E-state index in [9.17, 15) is 0 Å². The van der Waals surface area contributed by atoms with Gasteiger partial charge in [-0.25, -0.2) is 0 Å². The van der Waals surface area contributed by atoms with Crippen molar-refractivity contribution in [3.63, 3.8) is 0 Å². The van der Waals surface area contributed by atoms with Crippen LogP contribution in [0.25, 0.3) is 0 Å². The molecule has 0 heterocycles. The molecule has 1 heteroatoms. The van der Waals surface area contributed by atoms with Crippen LogP contribution >= 0.6 is 0 Å². The lowest BCUT2D eigenvalue weighted by atomic mass is 9.86. The molecule has 0 bridgehead atoms. The van der Waals surface area contributed by atoms with E-state index < -0.39 is 0 Å². The van der Waals surface area contributed by atoms with Gasteiger partial charge in [0, 0.05) is 13.2 Å². The predicted octanol–water partition coefficient (Wildman–Crippen LogP) is 4.54. The Morgan fingerprint density at radius 2 is 1.10 bits per heavy atom. The highest BCUT2D eigenvalue weighted by Crippen LogP contribution is 2.42. The first-order chi connectivity index (χ1) is 10.4. The van der Waals surface area contributed by atoms with E-state index in [2.05, 4.69) is 48.6 Å². The van der Waals surface area contributed by atoms with Gasteiger partial charge in [-0.1, -0.05) is 48.6 Å². The summed E-state index contributed by atoms with van der Waals surface area (Å²) in [6.07, 6.45) is 23.8. The fraction of sp³-hybridized carbons (Fsp3) is 0.600. The van der Waals surface area contributed by atoms with E-state index in [0.717, 1.165) is 48.7 Å². The van der Waals surface area contributed by atoms with Crippen molar-refractivity contribution in [2.45, 2.75) is 25.7 Å². The number of fused-ring (bicyclic) bond motifs is 2. The minimum absolute atomic E-state index is 0.740. The molecule has 0 aromatic rings. The first-order valence-corrected chi connectivity index (χ1v) is 8.69. The second-order valence-electron chi connectivity index (χ2n) is 7.23. The van der Waals surface area contributed by atoms with Crippen molar-refractivity contribution >= 4 is 0 Å². The van der Waals surface area contributed by atoms with Crippen LogP contribution < -0.4 is 0 Å². The van der Waals surface area contributed by atoms with Gasteiger partial charge < -0.3 is 4.74 Å². The Labute approximate surface area is 128 Å². The molecule has 112 valence electrons. The van der Waals surface area contributed by atoms with E-state index in [1.807, 2.05) is 0 Å². The first-order valence-electron chi connectivity index (χ1n) is 8.69. The molecule has 0 N–H and O–H groups in total. The number of ether oxygens (including phenoxy) is 1. The van der Waals surface area contributed by atoms with E-state index in [1.54, 1.807) is 0 Å². The van der Waals surface area contributed by atoms with E-state index in [0.29, 0.717) is 0 Å². The van der Waals surface area contributed by atoms with Crippen molar-refractivity contribution in [1.82, 2.24) is 0 Å². The summed E-state index contributed by atoms with van der Waals surface area (Å²) in [5.41, 5.74) is 0. The molecule has 0 saturated heterocycles. The van der Waals surface area contributed by atoms with E-state index in [1.165, 1.54) is 25.7 Å². The van der Waals surface area contributed by atoms with Gasteiger partial charge in [0.2, 0.25) is 0 Å². The molecular weight excluding hydrogens is 256 g/mol. The monoisotopic (exact) mass is 282 g/mol. The van der Waals surface area contributed by atoms with E-state index in [4.69, 9.17) is 4.74 Å². The molecule has 2 saturated carbocycles. The van der Waals surface area contributed by atoms with Crippen molar-refractivity contribution in [3.8, 4) is 0 Å². The van der Waals surface area contributed by atoms with Crippen molar-refractivity contribution in [2.75, 3.05) is 13.2 Å². The van der Waals surface area contributed by atoms with E-state index >= 15 is 0 Å². The maximum absolute atomic E-state index is 6.18. The topological polar surface area (TPSA) is 9.23 Å². The Hall–Kier alpha value is -1.08. The molecule has 0 aromatic carbocycles. The summed E-state index contributed by atoms with van der Waals surface area (Å²) in [7, 11) is 0. The third-order valence-electron chi connectivity index (χ3n) is 6.09. The highest BCUT2D eigenvalue weighted by atomic mass is 16.5. The number of hydrogen-bond donors (Lipinski definition) is 0. The van der Waals surface area contributed by atoms with Crippen molar-refractivity contribution in [1.29, 1.82) is 0 Å². The zero-order valence-electron chi connectivity index (χ0n) is 12.7. The Morgan fingerprint density at radius 1 is 0.619 bits per heavy atom. The summed E-state index contributed by atoms with van der Waals surface area (Å²) in [4.78, 5) is 0. The van der Waals surface area contributed by atoms with Crippen LogP contribution in [-0.4, -0.2) is 13.2 Å². The van der Waals surface area contributed by atoms with Crippen LogP contribution in [0.2, 0.25) is 0 Å². The molecule has 6 atom stereocenters. The molecule has 1 nitrogen and oxygen atoms in total. The average molecular weight is 282 g/mol. The Balaban J connectivity index is 1.27. The van der Waals surface area contributed by atoms with Crippen LogP contribution in [0.15, 0.2) is 48.6 Å². The number of hydrogen-bond acceptors (Lipinski definition) is 1. The quantitative estimate of drug-likeness (QED) is 0.735. The van der Waals surface area contributed by atoms with Crippen molar-refractivity contribution in [2.24, 2.45) is 35.5 Å². The van der Waals surface area contributed by atoms with Crippen LogP contribution in [0.4, 0.5) is 0 Å². The molecule has 6 unspecified atom stereocenters. The highest BCUT2D eigenvalue weighted by molar-refractivity contribution is 5.18. The van der Waals surface area contributed by atoms with Gasteiger partial charge in [-0.15, -0.1) is 0 Å². The summed E-state index contributed by atoms with van der Waals surface area (Å²) in [5.74, 6) is 4.54. The van der Waals surface area contributed by atoms with Gasteiger partial charge in [-0.05, 0) is 61.2 Å². The van der Waals surface area contributed by atoms with Crippen LogP contribution in [0.3, 0.4) is 0 Å². The minimum Gasteiger partial charge on any atom is -0.381 e. The largest absolute Gasteiger partial charge is 0.381 e. The molecule has 2 fully saturated rings. The normalized spacial score (nSPS) is 43.2. The molecule has 4 rings (SSSR count). The summed E-state index contributed by atoms with van der Waals surface area (Å²) >= 11 is 0. The van der Waals surface area contributed by atoms with Gasteiger partial charge in [0.1, 0.15) is 0 Å². The maximum Gasteiger partial charge on any atom is 0.0500 e.